The maximum Gasteiger partial charge on any atom is 0.306 e. The largest absolute Gasteiger partial charge is 0.453 e. The van der Waals surface area contributed by atoms with Crippen LogP contribution >= 0.6 is 0 Å². The van der Waals surface area contributed by atoms with Crippen molar-refractivity contribution in [2.45, 2.75) is 53.6 Å². The highest BCUT2D eigenvalue weighted by Gasteiger charge is 2.21. The van der Waals surface area contributed by atoms with Crippen molar-refractivity contribution < 1.29 is 14.3 Å². The van der Waals surface area contributed by atoms with Gasteiger partial charge in [0.1, 0.15) is 6.33 Å². The normalized spacial score (nSPS) is 12.2. The summed E-state index contributed by atoms with van der Waals surface area (Å²) in [5.41, 5.74) is 4.77. The van der Waals surface area contributed by atoms with E-state index in [4.69, 9.17) is 4.74 Å². The van der Waals surface area contributed by atoms with E-state index in [0.717, 1.165) is 22.6 Å². The number of carbonyl (C=O) groups excluding carboxylic acids is 2. The molecule has 29 heavy (non-hydrogen) atoms. The molecule has 1 amide bonds. The number of nitrogens with one attached hydrogen (secondary N) is 1. The Morgan fingerprint density at radius 1 is 1.17 bits per heavy atom. The number of amides is 1. The molecule has 0 aliphatic rings. The van der Waals surface area contributed by atoms with Gasteiger partial charge in [0.15, 0.2) is 6.10 Å². The van der Waals surface area contributed by atoms with Gasteiger partial charge in [0.2, 0.25) is 0 Å². The molecule has 3 aromatic heterocycles. The number of aryl methyl sites for hydroxylation is 4. The first kappa shape index (κ1) is 20.4. The van der Waals surface area contributed by atoms with Crippen LogP contribution in [0.15, 0.2) is 6.33 Å². The fourth-order valence-corrected chi connectivity index (χ4v) is 3.23. The highest BCUT2D eigenvalue weighted by molar-refractivity contribution is 5.96. The minimum Gasteiger partial charge on any atom is -0.453 e. The van der Waals surface area contributed by atoms with Crippen molar-refractivity contribution in [2.24, 2.45) is 7.05 Å². The van der Waals surface area contributed by atoms with E-state index < -0.39 is 18.0 Å². The van der Waals surface area contributed by atoms with Crippen LogP contribution in [0.1, 0.15) is 41.7 Å². The predicted molar refractivity (Wildman–Crippen MR) is 105 cm³/mol. The fraction of sp³-hybridized carbons (Fsp3) is 0.474. The smallest absolute Gasteiger partial charge is 0.306 e. The Kier molecular flexibility index (Phi) is 5.62. The molecule has 0 aliphatic heterocycles. The predicted octanol–water partition coefficient (Wildman–Crippen LogP) is 1.59. The van der Waals surface area contributed by atoms with Crippen LogP contribution in [0.5, 0.6) is 0 Å². The number of carbonyl (C=O) groups is 2. The standard InChI is InChI=1S/C19H25N7O3/c1-10-15(12(3)26-19(22-10)20-9-21-26)7-8-16(27)29-14(5)18(28)23-17-11(2)24-25(6)13(17)4/h9,14H,7-8H2,1-6H3,(H,23,28)/t14-/m1/s1. The first-order chi connectivity index (χ1) is 13.7. The lowest BCUT2D eigenvalue weighted by molar-refractivity contribution is -0.153. The second-order valence-electron chi connectivity index (χ2n) is 7.02. The minimum absolute atomic E-state index is 0.131. The first-order valence-electron chi connectivity index (χ1n) is 9.35. The molecule has 1 atom stereocenters. The van der Waals surface area contributed by atoms with Gasteiger partial charge in [0.05, 0.1) is 17.1 Å². The van der Waals surface area contributed by atoms with Gasteiger partial charge in [-0.15, -0.1) is 0 Å². The van der Waals surface area contributed by atoms with Gasteiger partial charge >= 0.3 is 5.97 Å². The molecule has 0 spiro atoms. The van der Waals surface area contributed by atoms with E-state index >= 15 is 0 Å². The van der Waals surface area contributed by atoms with E-state index in [-0.39, 0.29) is 6.42 Å². The van der Waals surface area contributed by atoms with Crippen LogP contribution in [0, 0.1) is 27.7 Å². The van der Waals surface area contributed by atoms with E-state index in [1.165, 1.54) is 6.33 Å². The molecule has 0 saturated carbocycles. The van der Waals surface area contributed by atoms with E-state index in [1.807, 2.05) is 27.7 Å². The van der Waals surface area contributed by atoms with Crippen molar-refractivity contribution in [2.75, 3.05) is 5.32 Å². The summed E-state index contributed by atoms with van der Waals surface area (Å²) in [5, 5.41) is 11.2. The maximum absolute atomic E-state index is 12.4. The highest BCUT2D eigenvalue weighted by atomic mass is 16.5. The summed E-state index contributed by atoms with van der Waals surface area (Å²) in [6, 6.07) is 0. The van der Waals surface area contributed by atoms with Gasteiger partial charge in [-0.1, -0.05) is 0 Å². The molecular formula is C19H25N7O3. The van der Waals surface area contributed by atoms with E-state index in [9.17, 15) is 9.59 Å². The third-order valence-electron chi connectivity index (χ3n) is 5.00. The van der Waals surface area contributed by atoms with Crippen LogP contribution < -0.4 is 5.32 Å². The molecular weight excluding hydrogens is 374 g/mol. The van der Waals surface area contributed by atoms with E-state index in [2.05, 4.69) is 25.5 Å². The Morgan fingerprint density at radius 2 is 1.90 bits per heavy atom. The van der Waals surface area contributed by atoms with Crippen LogP contribution in [0.3, 0.4) is 0 Å². The van der Waals surface area contributed by atoms with E-state index in [1.54, 1.807) is 23.2 Å². The Labute approximate surface area is 168 Å². The quantitative estimate of drug-likeness (QED) is 0.626. The van der Waals surface area contributed by atoms with Gasteiger partial charge in [-0.3, -0.25) is 14.3 Å². The van der Waals surface area contributed by atoms with Crippen LogP contribution in [0.25, 0.3) is 5.78 Å². The average molecular weight is 399 g/mol. The number of hydrogen-bond donors (Lipinski definition) is 1. The number of aromatic nitrogens is 6. The molecule has 0 fully saturated rings. The number of hydrogen-bond acceptors (Lipinski definition) is 7. The number of rotatable bonds is 6. The van der Waals surface area contributed by atoms with Crippen LogP contribution in [-0.4, -0.2) is 47.3 Å². The lowest BCUT2D eigenvalue weighted by atomic mass is 10.1. The second-order valence-corrected chi connectivity index (χ2v) is 7.02. The molecule has 0 aromatic carbocycles. The van der Waals surface area contributed by atoms with Crippen molar-refractivity contribution in [1.82, 2.24) is 29.4 Å². The molecule has 3 heterocycles. The van der Waals surface area contributed by atoms with Crippen LogP contribution in [0.2, 0.25) is 0 Å². The van der Waals surface area contributed by atoms with Crippen molar-refractivity contribution in [3.05, 3.63) is 34.7 Å². The lowest BCUT2D eigenvalue weighted by Crippen LogP contribution is -2.30. The van der Waals surface area contributed by atoms with Crippen molar-refractivity contribution in [3.63, 3.8) is 0 Å². The second kappa shape index (κ2) is 7.98. The number of esters is 1. The van der Waals surface area contributed by atoms with Gasteiger partial charge in [-0.2, -0.15) is 15.2 Å². The molecule has 0 aliphatic carbocycles. The molecule has 3 aromatic rings. The van der Waals surface area contributed by atoms with Crippen molar-refractivity contribution >= 4 is 23.3 Å². The third-order valence-corrected chi connectivity index (χ3v) is 5.00. The number of ether oxygens (including phenoxy) is 1. The zero-order valence-corrected chi connectivity index (χ0v) is 17.5. The molecule has 10 nitrogen and oxygen atoms in total. The Bertz CT molecular complexity index is 1080. The Balaban J connectivity index is 1.60. The van der Waals surface area contributed by atoms with Crippen molar-refractivity contribution in [1.29, 1.82) is 0 Å². The van der Waals surface area contributed by atoms with Gasteiger partial charge in [-0.25, -0.2) is 9.50 Å². The fourth-order valence-electron chi connectivity index (χ4n) is 3.23. The number of nitrogens with zero attached hydrogens (tertiary/aromatic N) is 6. The molecule has 154 valence electrons. The summed E-state index contributed by atoms with van der Waals surface area (Å²) in [5.74, 6) is -0.321. The molecule has 10 heteroatoms. The van der Waals surface area contributed by atoms with Gasteiger partial charge in [0, 0.05) is 24.9 Å². The van der Waals surface area contributed by atoms with Crippen LogP contribution in [-0.2, 0) is 27.8 Å². The topological polar surface area (TPSA) is 116 Å². The minimum atomic E-state index is -0.917. The SMILES string of the molecule is Cc1nc2ncnn2c(C)c1CCC(=O)O[C@H](C)C(=O)Nc1c(C)nn(C)c1C. The van der Waals surface area contributed by atoms with Crippen LogP contribution in [0.4, 0.5) is 5.69 Å². The first-order valence-corrected chi connectivity index (χ1v) is 9.35. The van der Waals surface area contributed by atoms with E-state index in [0.29, 0.717) is 23.6 Å². The highest BCUT2D eigenvalue weighted by Crippen LogP contribution is 2.19. The summed E-state index contributed by atoms with van der Waals surface area (Å²) < 4.78 is 8.64. The molecule has 0 unspecified atom stereocenters. The van der Waals surface area contributed by atoms with Gasteiger partial charge in [-0.05, 0) is 46.6 Å². The third kappa shape index (κ3) is 4.10. The monoisotopic (exact) mass is 399 g/mol. The molecule has 0 saturated heterocycles. The summed E-state index contributed by atoms with van der Waals surface area (Å²) in [6.45, 7) is 9.00. The Morgan fingerprint density at radius 3 is 2.55 bits per heavy atom. The summed E-state index contributed by atoms with van der Waals surface area (Å²) in [7, 11) is 1.80. The molecule has 0 bridgehead atoms. The van der Waals surface area contributed by atoms with Gasteiger partial charge in [0.25, 0.3) is 11.7 Å². The maximum atomic E-state index is 12.4. The summed E-state index contributed by atoms with van der Waals surface area (Å²) >= 11 is 0. The Hall–Kier alpha value is -3.30. The molecule has 1 N–H and O–H groups in total. The zero-order chi connectivity index (χ0) is 21.3. The average Bonchev–Trinajstić information content (AvgIpc) is 3.21. The lowest BCUT2D eigenvalue weighted by Gasteiger charge is -2.14. The van der Waals surface area contributed by atoms with Gasteiger partial charge < -0.3 is 10.1 Å². The summed E-state index contributed by atoms with van der Waals surface area (Å²) in [4.78, 5) is 33.2. The van der Waals surface area contributed by atoms with Crippen molar-refractivity contribution in [3.8, 4) is 0 Å². The molecule has 0 radical (unpaired) electrons. The summed E-state index contributed by atoms with van der Waals surface area (Å²) in [6.07, 6.45) is 1.10. The zero-order valence-electron chi connectivity index (χ0n) is 17.5. The number of fused-ring (bicyclic) bond motifs is 1. The molecule has 3 rings (SSSR count). The number of anilines is 1.